The average molecular weight is 137 g/mol. The molecule has 0 spiro atoms. The number of hydrogen-bond donors (Lipinski definition) is 2. The van der Waals surface area contributed by atoms with Gasteiger partial charge in [0.2, 0.25) is 0 Å². The van der Waals surface area contributed by atoms with Crippen LogP contribution in [0.2, 0.25) is 0 Å². The molecule has 1 unspecified atom stereocenters. The second-order valence-corrected chi connectivity index (χ2v) is 2.22. The Balaban J connectivity index is 2.74. The van der Waals surface area contributed by atoms with Crippen LogP contribution < -0.4 is 11.3 Å². The molecule has 0 fully saturated rings. The van der Waals surface area contributed by atoms with Gasteiger partial charge in [0.15, 0.2) is 0 Å². The molecule has 0 amide bonds. The van der Waals surface area contributed by atoms with Gasteiger partial charge in [-0.3, -0.25) is 0 Å². The van der Waals surface area contributed by atoms with Gasteiger partial charge in [-0.05, 0) is 18.1 Å². The molecule has 1 rings (SSSR count). The van der Waals surface area contributed by atoms with E-state index in [1.807, 2.05) is 18.2 Å². The third-order valence-corrected chi connectivity index (χ3v) is 1.28. The molecule has 0 saturated heterocycles. The average Bonchev–Trinajstić information content (AvgIpc) is 2.13. The van der Waals surface area contributed by atoms with E-state index < -0.39 is 0 Å². The monoisotopic (exact) mass is 137 g/mol. The predicted octanol–water partition coefficient (Wildman–Crippen LogP) is 0.568. The minimum absolute atomic E-state index is 0.397. The van der Waals surface area contributed by atoms with Gasteiger partial charge in [0.1, 0.15) is 5.82 Å². The number of allylic oxidation sites excluding steroid dienone is 3. The van der Waals surface area contributed by atoms with Crippen LogP contribution in [0, 0.1) is 5.92 Å². The van der Waals surface area contributed by atoms with Crippen molar-refractivity contribution < 1.29 is 0 Å². The topological polar surface area (TPSA) is 50.4 Å². The minimum Gasteiger partial charge on any atom is -0.309 e. The van der Waals surface area contributed by atoms with Crippen molar-refractivity contribution in [2.45, 2.75) is 6.92 Å². The van der Waals surface area contributed by atoms with E-state index in [4.69, 9.17) is 5.84 Å². The van der Waals surface area contributed by atoms with Crippen molar-refractivity contribution in [3.05, 3.63) is 24.0 Å². The van der Waals surface area contributed by atoms with Crippen molar-refractivity contribution >= 4 is 6.21 Å². The fourth-order valence-corrected chi connectivity index (χ4v) is 0.781. The Hall–Kier alpha value is -1.09. The van der Waals surface area contributed by atoms with Crippen LogP contribution in [-0.2, 0) is 0 Å². The number of nitrogens with two attached hydrogens (primary N) is 1. The summed E-state index contributed by atoms with van der Waals surface area (Å²) in [4.78, 5) is 4.01. The van der Waals surface area contributed by atoms with Gasteiger partial charge in [0.05, 0.1) is 0 Å². The molecule has 10 heavy (non-hydrogen) atoms. The van der Waals surface area contributed by atoms with E-state index in [2.05, 4.69) is 17.3 Å². The quantitative estimate of drug-likeness (QED) is 0.410. The lowest BCUT2D eigenvalue weighted by Gasteiger charge is -1.99. The van der Waals surface area contributed by atoms with Crippen LogP contribution in [0.1, 0.15) is 6.92 Å². The molecule has 1 aliphatic heterocycles. The number of rotatable bonds is 1. The smallest absolute Gasteiger partial charge is 0.136 e. The Bertz CT molecular complexity index is 191. The van der Waals surface area contributed by atoms with E-state index in [0.717, 1.165) is 5.82 Å². The molecule has 0 radical (unpaired) electrons. The second-order valence-electron chi connectivity index (χ2n) is 2.22. The van der Waals surface area contributed by atoms with Crippen LogP contribution >= 0.6 is 0 Å². The van der Waals surface area contributed by atoms with Gasteiger partial charge < -0.3 is 5.43 Å². The Morgan fingerprint density at radius 3 is 3.20 bits per heavy atom. The summed E-state index contributed by atoms with van der Waals surface area (Å²) in [5, 5.41) is 0. The Labute approximate surface area is 60.3 Å². The van der Waals surface area contributed by atoms with E-state index in [-0.39, 0.29) is 0 Å². The lowest BCUT2D eigenvalue weighted by molar-refractivity contribution is 0.829. The molecule has 1 atom stereocenters. The summed E-state index contributed by atoms with van der Waals surface area (Å²) in [6.45, 7) is 2.07. The highest BCUT2D eigenvalue weighted by atomic mass is 15.3. The van der Waals surface area contributed by atoms with Crippen molar-refractivity contribution in [3.8, 4) is 0 Å². The molecular weight excluding hydrogens is 126 g/mol. The highest BCUT2D eigenvalue weighted by Crippen LogP contribution is 2.05. The molecule has 0 aromatic heterocycles. The van der Waals surface area contributed by atoms with Crippen molar-refractivity contribution in [1.82, 2.24) is 5.43 Å². The molecule has 0 aromatic carbocycles. The zero-order valence-corrected chi connectivity index (χ0v) is 5.91. The normalized spacial score (nSPS) is 23.8. The Kier molecular flexibility index (Phi) is 2.23. The minimum atomic E-state index is 0.397. The summed E-state index contributed by atoms with van der Waals surface area (Å²) in [6, 6.07) is 0. The fourth-order valence-electron chi connectivity index (χ4n) is 0.781. The largest absolute Gasteiger partial charge is 0.309 e. The lowest BCUT2D eigenvalue weighted by Crippen LogP contribution is -2.20. The van der Waals surface area contributed by atoms with Crippen LogP contribution in [-0.4, -0.2) is 6.21 Å². The first-order valence-corrected chi connectivity index (χ1v) is 3.22. The maximum Gasteiger partial charge on any atom is 0.136 e. The highest BCUT2D eigenvalue weighted by Gasteiger charge is 1.96. The van der Waals surface area contributed by atoms with E-state index in [1.165, 1.54) is 0 Å². The van der Waals surface area contributed by atoms with Gasteiger partial charge in [-0.15, -0.1) is 0 Å². The van der Waals surface area contributed by atoms with E-state index in [1.54, 1.807) is 6.21 Å². The molecule has 3 nitrogen and oxygen atoms in total. The molecule has 54 valence electrons. The number of aliphatic imine (C=N–C) groups is 1. The summed E-state index contributed by atoms with van der Waals surface area (Å²) >= 11 is 0. The molecule has 0 saturated carbocycles. The van der Waals surface area contributed by atoms with E-state index in [0.29, 0.717) is 5.92 Å². The SMILES string of the molecule is CC1C=CC=NC(NN)=C1. The van der Waals surface area contributed by atoms with E-state index in [9.17, 15) is 0 Å². The molecule has 0 bridgehead atoms. The fraction of sp³-hybridized carbons (Fsp3) is 0.286. The zero-order chi connectivity index (χ0) is 7.40. The van der Waals surface area contributed by atoms with Gasteiger partial charge in [0, 0.05) is 6.21 Å². The van der Waals surface area contributed by atoms with E-state index >= 15 is 0 Å². The summed E-state index contributed by atoms with van der Waals surface area (Å²) in [7, 11) is 0. The standard InChI is InChI=1S/C7H11N3/c1-6-3-2-4-9-7(5-6)10-8/h2-6,10H,8H2,1H3. The van der Waals surface area contributed by atoms with Gasteiger partial charge in [0.25, 0.3) is 0 Å². The second kappa shape index (κ2) is 3.17. The third kappa shape index (κ3) is 1.70. The first-order valence-electron chi connectivity index (χ1n) is 3.22. The summed E-state index contributed by atoms with van der Waals surface area (Å²) in [5.74, 6) is 6.29. The van der Waals surface area contributed by atoms with Crippen LogP contribution in [0.4, 0.5) is 0 Å². The predicted molar refractivity (Wildman–Crippen MR) is 42.2 cm³/mol. The van der Waals surface area contributed by atoms with Crippen molar-refractivity contribution in [2.75, 3.05) is 0 Å². The number of nitrogens with one attached hydrogen (secondary N) is 1. The number of hydrogen-bond acceptors (Lipinski definition) is 3. The van der Waals surface area contributed by atoms with Crippen molar-refractivity contribution in [3.63, 3.8) is 0 Å². The van der Waals surface area contributed by atoms with Crippen LogP contribution in [0.5, 0.6) is 0 Å². The molecular formula is C7H11N3. The number of hydrazine groups is 1. The highest BCUT2D eigenvalue weighted by molar-refractivity contribution is 5.72. The summed E-state index contributed by atoms with van der Waals surface area (Å²) in [6.07, 6.45) is 7.63. The zero-order valence-electron chi connectivity index (χ0n) is 5.91. The third-order valence-electron chi connectivity index (χ3n) is 1.28. The van der Waals surface area contributed by atoms with Gasteiger partial charge >= 0.3 is 0 Å². The molecule has 1 aliphatic rings. The Morgan fingerprint density at radius 1 is 1.70 bits per heavy atom. The summed E-state index contributed by atoms with van der Waals surface area (Å²) in [5.41, 5.74) is 2.50. The van der Waals surface area contributed by atoms with Crippen molar-refractivity contribution in [1.29, 1.82) is 0 Å². The van der Waals surface area contributed by atoms with Crippen molar-refractivity contribution in [2.24, 2.45) is 16.8 Å². The first kappa shape index (κ1) is 7.02. The first-order chi connectivity index (χ1) is 4.83. The molecule has 1 heterocycles. The Morgan fingerprint density at radius 2 is 2.50 bits per heavy atom. The van der Waals surface area contributed by atoms with Gasteiger partial charge in [-0.1, -0.05) is 13.0 Å². The number of nitrogens with zero attached hydrogens (tertiary/aromatic N) is 1. The maximum atomic E-state index is 5.18. The summed E-state index contributed by atoms with van der Waals surface area (Å²) < 4.78 is 0. The maximum absolute atomic E-state index is 5.18. The van der Waals surface area contributed by atoms with Gasteiger partial charge in [-0.2, -0.15) is 0 Å². The molecule has 0 aliphatic carbocycles. The van der Waals surface area contributed by atoms with Crippen LogP contribution in [0.25, 0.3) is 0 Å². The van der Waals surface area contributed by atoms with Crippen LogP contribution in [0.15, 0.2) is 29.0 Å². The lowest BCUT2D eigenvalue weighted by atomic mass is 10.1. The molecule has 3 N–H and O–H groups in total. The van der Waals surface area contributed by atoms with Gasteiger partial charge in [-0.25, -0.2) is 10.8 Å². The van der Waals surface area contributed by atoms with Crippen LogP contribution in [0.3, 0.4) is 0 Å². The molecule has 3 heteroatoms. The molecule has 0 aromatic rings.